The number of ether oxygens (including phenoxy) is 1. The molecule has 0 unspecified atom stereocenters. The van der Waals surface area contributed by atoms with Crippen LogP contribution in [0.1, 0.15) is 41.0 Å². The Morgan fingerprint density at radius 1 is 1.09 bits per heavy atom. The second-order valence-corrected chi connectivity index (χ2v) is 10.9. The van der Waals surface area contributed by atoms with Gasteiger partial charge in [-0.05, 0) is 43.2 Å². The van der Waals surface area contributed by atoms with Crippen molar-refractivity contribution in [3.63, 3.8) is 0 Å². The van der Waals surface area contributed by atoms with Crippen molar-refractivity contribution in [1.82, 2.24) is 24.4 Å². The van der Waals surface area contributed by atoms with E-state index in [1.165, 1.54) is 14.0 Å². The molecule has 0 aliphatic carbocycles. The molecule has 1 amide bonds. The van der Waals surface area contributed by atoms with E-state index < -0.39 is 41.3 Å². The number of hydrogen-bond acceptors (Lipinski definition) is 5. The summed E-state index contributed by atoms with van der Waals surface area (Å²) in [4.78, 5) is 21.8. The molecular formula is C30H29F6N5O2. The summed E-state index contributed by atoms with van der Waals surface area (Å²) in [6.07, 6.45) is -3.71. The number of hydrogen-bond donors (Lipinski definition) is 0. The third kappa shape index (κ3) is 5.77. The van der Waals surface area contributed by atoms with E-state index in [1.54, 1.807) is 34.1 Å². The van der Waals surface area contributed by atoms with Crippen LogP contribution in [0.5, 0.6) is 5.75 Å². The number of nitrogens with zero attached hydrogens (tertiary/aromatic N) is 5. The van der Waals surface area contributed by atoms with Gasteiger partial charge in [-0.2, -0.15) is 18.3 Å². The Kier molecular flexibility index (Phi) is 8.12. The van der Waals surface area contributed by atoms with Crippen LogP contribution in [0.15, 0.2) is 42.6 Å². The van der Waals surface area contributed by atoms with Gasteiger partial charge in [0.1, 0.15) is 17.1 Å². The van der Waals surface area contributed by atoms with Crippen LogP contribution in [0.4, 0.5) is 26.3 Å². The molecule has 2 aromatic carbocycles. The van der Waals surface area contributed by atoms with Crippen LogP contribution in [-0.2, 0) is 12.7 Å². The average molecular weight is 606 g/mol. The molecule has 1 fully saturated rings. The summed E-state index contributed by atoms with van der Waals surface area (Å²) in [5.74, 6) is -3.47. The van der Waals surface area contributed by atoms with Crippen molar-refractivity contribution >= 4 is 11.6 Å². The molecule has 1 atom stereocenters. The molecule has 13 heteroatoms. The highest BCUT2D eigenvalue weighted by Crippen LogP contribution is 2.37. The van der Waals surface area contributed by atoms with E-state index in [9.17, 15) is 31.1 Å². The van der Waals surface area contributed by atoms with Crippen molar-refractivity contribution in [3.05, 3.63) is 82.4 Å². The topological polar surface area (TPSA) is 63.0 Å². The minimum Gasteiger partial charge on any atom is -0.497 e. The van der Waals surface area contributed by atoms with Crippen LogP contribution < -0.4 is 4.74 Å². The van der Waals surface area contributed by atoms with Crippen molar-refractivity contribution in [3.8, 4) is 17.0 Å². The average Bonchev–Trinajstić information content (AvgIpc) is 3.37. The van der Waals surface area contributed by atoms with E-state index in [0.29, 0.717) is 21.9 Å². The molecule has 0 radical (unpaired) electrons. The van der Waals surface area contributed by atoms with Crippen molar-refractivity contribution in [1.29, 1.82) is 0 Å². The minimum absolute atomic E-state index is 0.0478. The van der Waals surface area contributed by atoms with Crippen LogP contribution in [0, 0.1) is 30.3 Å². The van der Waals surface area contributed by atoms with Crippen LogP contribution >= 0.6 is 0 Å². The van der Waals surface area contributed by atoms with Crippen molar-refractivity contribution in [2.45, 2.75) is 39.5 Å². The van der Waals surface area contributed by atoms with Gasteiger partial charge in [0.05, 0.1) is 19.0 Å². The molecule has 3 heterocycles. The van der Waals surface area contributed by atoms with Gasteiger partial charge in [-0.15, -0.1) is 0 Å². The zero-order valence-corrected chi connectivity index (χ0v) is 23.8. The number of fused-ring (bicyclic) bond motifs is 1. The fraction of sp³-hybridized carbons (Fsp3) is 0.367. The molecule has 0 N–H and O–H groups in total. The maximum Gasteiger partial charge on any atom is 0.433 e. The number of carbonyl (C=O) groups excluding carboxylic acids is 1. The summed E-state index contributed by atoms with van der Waals surface area (Å²) >= 11 is 0. The Morgan fingerprint density at radius 2 is 1.79 bits per heavy atom. The highest BCUT2D eigenvalue weighted by molar-refractivity contribution is 6.00. The molecule has 1 saturated heterocycles. The maximum absolute atomic E-state index is 14.3. The minimum atomic E-state index is -4.80. The first kappa shape index (κ1) is 30.3. The second kappa shape index (κ2) is 11.5. The third-order valence-corrected chi connectivity index (χ3v) is 7.74. The van der Waals surface area contributed by atoms with E-state index in [1.807, 2.05) is 13.8 Å². The zero-order chi connectivity index (χ0) is 31.2. The molecule has 43 heavy (non-hydrogen) atoms. The summed E-state index contributed by atoms with van der Waals surface area (Å²) in [5, 5.41) is 3.93. The van der Waals surface area contributed by atoms with Gasteiger partial charge in [0.25, 0.3) is 5.91 Å². The van der Waals surface area contributed by atoms with Gasteiger partial charge in [-0.25, -0.2) is 22.7 Å². The van der Waals surface area contributed by atoms with Crippen LogP contribution in [-0.4, -0.2) is 63.1 Å². The van der Waals surface area contributed by atoms with Gasteiger partial charge in [-0.3, -0.25) is 9.69 Å². The van der Waals surface area contributed by atoms with Crippen LogP contribution in [0.3, 0.4) is 0 Å². The van der Waals surface area contributed by atoms with E-state index in [0.717, 1.165) is 12.3 Å². The molecule has 0 spiro atoms. The summed E-state index contributed by atoms with van der Waals surface area (Å²) in [6, 6.07) is 7.36. The first-order valence-corrected chi connectivity index (χ1v) is 13.6. The standard InChI is InChI=1S/C30H29F6N5O2/c1-16(2)24-15-39(14-19-11-20(31)12-23(32)25(19)33)9-10-40(24)29(42)22-13-37-41-27(30(34,35)36)17(3)26(38-28(22)41)18-5-7-21(43-4)8-6-18/h5-8,11-13,16,24H,9-10,14-15H2,1-4H3/t24-/m0/s1. The lowest BCUT2D eigenvalue weighted by atomic mass is 9.98. The van der Waals surface area contributed by atoms with Gasteiger partial charge >= 0.3 is 6.18 Å². The van der Waals surface area contributed by atoms with Crippen LogP contribution in [0.25, 0.3) is 16.9 Å². The first-order chi connectivity index (χ1) is 20.3. The fourth-order valence-electron chi connectivity index (χ4n) is 5.54. The van der Waals surface area contributed by atoms with E-state index in [2.05, 4.69) is 10.1 Å². The highest BCUT2D eigenvalue weighted by Gasteiger charge is 2.40. The predicted molar refractivity (Wildman–Crippen MR) is 146 cm³/mol. The molecule has 0 bridgehead atoms. The SMILES string of the molecule is COc1ccc(-c2nc3c(C(=O)N4CCN(Cc5cc(F)cc(F)c5F)C[C@H]4C(C)C)cnn3c(C(F)(F)F)c2C)cc1. The number of amides is 1. The van der Waals surface area contributed by atoms with Gasteiger partial charge in [0, 0.05) is 55.0 Å². The monoisotopic (exact) mass is 605 g/mol. The predicted octanol–water partition coefficient (Wildman–Crippen LogP) is 6.13. The molecule has 2 aromatic heterocycles. The van der Waals surface area contributed by atoms with Gasteiger partial charge in [0.2, 0.25) is 0 Å². The highest BCUT2D eigenvalue weighted by atomic mass is 19.4. The third-order valence-electron chi connectivity index (χ3n) is 7.74. The summed E-state index contributed by atoms with van der Waals surface area (Å²) in [5.41, 5.74) is -1.23. The Labute approximate surface area is 243 Å². The molecular weight excluding hydrogens is 576 g/mol. The van der Waals surface area contributed by atoms with E-state index in [-0.39, 0.29) is 60.1 Å². The van der Waals surface area contributed by atoms with E-state index >= 15 is 0 Å². The fourth-order valence-corrected chi connectivity index (χ4v) is 5.54. The molecule has 1 aliphatic rings. The number of carbonyl (C=O) groups is 1. The molecule has 5 rings (SSSR count). The van der Waals surface area contributed by atoms with Crippen molar-refractivity contribution in [2.75, 3.05) is 26.7 Å². The largest absolute Gasteiger partial charge is 0.497 e. The molecule has 7 nitrogen and oxygen atoms in total. The first-order valence-electron chi connectivity index (χ1n) is 13.6. The molecule has 1 aliphatic heterocycles. The Hall–Kier alpha value is -4.13. The number of benzene rings is 2. The number of methoxy groups -OCH3 is 1. The second-order valence-electron chi connectivity index (χ2n) is 10.9. The lowest BCUT2D eigenvalue weighted by Crippen LogP contribution is -2.56. The smallest absolute Gasteiger partial charge is 0.433 e. The number of halogens is 6. The number of piperazine rings is 1. The quantitative estimate of drug-likeness (QED) is 0.196. The molecule has 0 saturated carbocycles. The lowest BCUT2D eigenvalue weighted by molar-refractivity contribution is -0.143. The normalized spacial score (nSPS) is 16.3. The van der Waals surface area contributed by atoms with Gasteiger partial charge in [-0.1, -0.05) is 13.8 Å². The zero-order valence-electron chi connectivity index (χ0n) is 23.8. The van der Waals surface area contributed by atoms with Crippen molar-refractivity contribution in [2.24, 2.45) is 5.92 Å². The summed E-state index contributed by atoms with van der Waals surface area (Å²) < 4.78 is 90.7. The number of alkyl halides is 3. The maximum atomic E-state index is 14.3. The van der Waals surface area contributed by atoms with Crippen LogP contribution in [0.2, 0.25) is 0 Å². The summed E-state index contributed by atoms with van der Waals surface area (Å²) in [6.45, 7) is 5.60. The summed E-state index contributed by atoms with van der Waals surface area (Å²) in [7, 11) is 1.47. The van der Waals surface area contributed by atoms with Gasteiger partial charge < -0.3 is 9.64 Å². The lowest BCUT2D eigenvalue weighted by Gasteiger charge is -2.43. The molecule has 4 aromatic rings. The number of rotatable bonds is 6. The number of aromatic nitrogens is 3. The Balaban J connectivity index is 1.51. The van der Waals surface area contributed by atoms with E-state index in [4.69, 9.17) is 4.74 Å². The van der Waals surface area contributed by atoms with Crippen molar-refractivity contribution < 1.29 is 35.9 Å². The van der Waals surface area contributed by atoms with Gasteiger partial charge in [0.15, 0.2) is 23.0 Å². The Morgan fingerprint density at radius 3 is 2.42 bits per heavy atom. The molecule has 228 valence electrons. The Bertz CT molecular complexity index is 1670.